The molecule has 0 radical (unpaired) electrons. The predicted octanol–water partition coefficient (Wildman–Crippen LogP) is 3.41. The molecule has 25 heavy (non-hydrogen) atoms. The molecule has 0 aliphatic rings. The summed E-state index contributed by atoms with van der Waals surface area (Å²) in [5.74, 6) is 0.627. The van der Waals surface area contributed by atoms with Crippen molar-refractivity contribution in [1.82, 2.24) is 5.43 Å². The van der Waals surface area contributed by atoms with Crippen LogP contribution in [0.5, 0.6) is 11.5 Å². The van der Waals surface area contributed by atoms with Crippen molar-refractivity contribution in [2.75, 3.05) is 6.73 Å². The fourth-order valence-electron chi connectivity index (χ4n) is 2.35. The molecule has 0 spiro atoms. The molecule has 3 rings (SSSR count). The lowest BCUT2D eigenvalue weighted by atomic mass is 10.0. The summed E-state index contributed by atoms with van der Waals surface area (Å²) in [6, 6.07) is 16.9. The van der Waals surface area contributed by atoms with Gasteiger partial charge in [0.2, 0.25) is 0 Å². The lowest BCUT2D eigenvalue weighted by molar-refractivity contribution is -0.384. The first-order valence-electron chi connectivity index (χ1n) is 7.49. The van der Waals surface area contributed by atoms with E-state index >= 15 is 0 Å². The summed E-state index contributed by atoms with van der Waals surface area (Å²) < 4.78 is 5.39. The molecule has 7 nitrogen and oxygen atoms in total. The van der Waals surface area contributed by atoms with Crippen molar-refractivity contribution in [1.29, 1.82) is 0 Å². The molecule has 0 saturated carbocycles. The van der Waals surface area contributed by atoms with Crippen LogP contribution in [0, 0.1) is 10.1 Å². The summed E-state index contributed by atoms with van der Waals surface area (Å²) in [5, 5.41) is 26.5. The number of phenolic OH excluding ortho intramolecular Hbond substituents is 1. The van der Waals surface area contributed by atoms with E-state index in [1.54, 1.807) is 6.07 Å². The van der Waals surface area contributed by atoms with Gasteiger partial charge in [-0.15, -0.1) is 0 Å². The van der Waals surface area contributed by atoms with E-state index in [1.165, 1.54) is 30.5 Å². The molecule has 2 N–H and O–H groups in total. The van der Waals surface area contributed by atoms with Gasteiger partial charge in [-0.05, 0) is 29.0 Å². The Labute approximate surface area is 143 Å². The number of phenols is 1. The Hall–Kier alpha value is -3.61. The lowest BCUT2D eigenvalue weighted by Gasteiger charge is -2.06. The zero-order valence-electron chi connectivity index (χ0n) is 13.1. The number of hydrogen-bond acceptors (Lipinski definition) is 6. The summed E-state index contributed by atoms with van der Waals surface area (Å²) in [4.78, 5) is 10.1. The van der Waals surface area contributed by atoms with Crippen LogP contribution in [0.1, 0.15) is 5.56 Å². The van der Waals surface area contributed by atoms with Gasteiger partial charge in [0.05, 0.1) is 11.1 Å². The van der Waals surface area contributed by atoms with Gasteiger partial charge in [0.1, 0.15) is 11.5 Å². The quantitative estimate of drug-likeness (QED) is 0.236. The number of fused-ring (bicyclic) bond motifs is 1. The van der Waals surface area contributed by atoms with Crippen molar-refractivity contribution in [2.45, 2.75) is 0 Å². The molecule has 126 valence electrons. The first-order chi connectivity index (χ1) is 12.1. The average Bonchev–Trinajstić information content (AvgIpc) is 2.63. The minimum absolute atomic E-state index is 0.00441. The molecule has 3 aromatic rings. The third kappa shape index (κ3) is 3.84. The zero-order valence-corrected chi connectivity index (χ0v) is 13.1. The average molecular weight is 337 g/mol. The molecule has 0 atom stereocenters. The van der Waals surface area contributed by atoms with Gasteiger partial charge in [0.25, 0.3) is 5.69 Å². The van der Waals surface area contributed by atoms with E-state index in [2.05, 4.69) is 10.5 Å². The van der Waals surface area contributed by atoms with Gasteiger partial charge >= 0.3 is 0 Å². The molecule has 0 bridgehead atoms. The van der Waals surface area contributed by atoms with Crippen LogP contribution >= 0.6 is 0 Å². The molecule has 0 unspecified atom stereocenters. The summed E-state index contributed by atoms with van der Waals surface area (Å²) in [6.07, 6.45) is 1.52. The number of rotatable bonds is 6. The third-order valence-electron chi connectivity index (χ3n) is 3.58. The highest BCUT2D eigenvalue weighted by Crippen LogP contribution is 2.25. The van der Waals surface area contributed by atoms with Crippen LogP contribution in [-0.4, -0.2) is 23.0 Å². The van der Waals surface area contributed by atoms with E-state index in [0.717, 1.165) is 10.8 Å². The molecular formula is C18H15N3O4. The molecule has 0 saturated heterocycles. The van der Waals surface area contributed by atoms with Gasteiger partial charge < -0.3 is 9.84 Å². The summed E-state index contributed by atoms with van der Waals surface area (Å²) in [7, 11) is 0. The maximum Gasteiger partial charge on any atom is 0.269 e. The van der Waals surface area contributed by atoms with E-state index in [0.29, 0.717) is 11.3 Å². The Morgan fingerprint density at radius 3 is 2.64 bits per heavy atom. The summed E-state index contributed by atoms with van der Waals surface area (Å²) in [6.45, 7) is 0.0832. The summed E-state index contributed by atoms with van der Waals surface area (Å²) in [5.41, 5.74) is 3.33. The highest BCUT2D eigenvalue weighted by atomic mass is 16.6. The van der Waals surface area contributed by atoms with E-state index in [9.17, 15) is 15.2 Å². The number of nitro benzene ring substituents is 1. The predicted molar refractivity (Wildman–Crippen MR) is 94.9 cm³/mol. The number of nitrogens with one attached hydrogen (secondary N) is 1. The monoisotopic (exact) mass is 337 g/mol. The topological polar surface area (TPSA) is 97.0 Å². The standard InChI is InChI=1S/C18H15N3O4/c22-18-10-5-13-3-1-2-4-16(13)17(18)11-19-20-12-25-15-8-6-14(7-9-15)21(23)24/h1-11,20,22H,12H2/b19-11-. The maximum atomic E-state index is 10.6. The second kappa shape index (κ2) is 7.31. The fraction of sp³-hybridized carbons (Fsp3) is 0.0556. The Balaban J connectivity index is 1.61. The van der Waals surface area contributed by atoms with E-state index in [1.807, 2.05) is 30.3 Å². The largest absolute Gasteiger partial charge is 0.507 e. The third-order valence-corrected chi connectivity index (χ3v) is 3.58. The Morgan fingerprint density at radius 2 is 1.88 bits per heavy atom. The number of non-ortho nitro benzene ring substituents is 1. The van der Waals surface area contributed by atoms with E-state index in [-0.39, 0.29) is 18.2 Å². The highest BCUT2D eigenvalue weighted by Gasteiger charge is 2.05. The molecule has 0 heterocycles. The first kappa shape index (κ1) is 16.3. The molecule has 0 aromatic heterocycles. The Kier molecular flexibility index (Phi) is 4.75. The SMILES string of the molecule is O=[N+]([O-])c1ccc(OCN/N=C\c2c(O)ccc3ccccc23)cc1. The lowest BCUT2D eigenvalue weighted by Crippen LogP contribution is -2.14. The van der Waals surface area contributed by atoms with Gasteiger partial charge in [-0.3, -0.25) is 15.5 Å². The zero-order chi connectivity index (χ0) is 17.6. The van der Waals surface area contributed by atoms with E-state index in [4.69, 9.17) is 4.74 Å². The normalized spacial score (nSPS) is 10.9. The summed E-state index contributed by atoms with van der Waals surface area (Å²) >= 11 is 0. The van der Waals surface area contributed by atoms with Crippen molar-refractivity contribution in [2.24, 2.45) is 5.10 Å². The van der Waals surface area contributed by atoms with E-state index < -0.39 is 4.92 Å². The van der Waals surface area contributed by atoms with Crippen LogP contribution in [0.15, 0.2) is 65.8 Å². The van der Waals surface area contributed by atoms with Crippen LogP contribution in [0.2, 0.25) is 0 Å². The molecule has 0 amide bonds. The second-order valence-corrected chi connectivity index (χ2v) is 5.18. The van der Waals surface area contributed by atoms with Crippen molar-refractivity contribution < 1.29 is 14.8 Å². The van der Waals surface area contributed by atoms with Gasteiger partial charge in [-0.1, -0.05) is 30.3 Å². The maximum absolute atomic E-state index is 10.6. The number of hydrogen-bond donors (Lipinski definition) is 2. The van der Waals surface area contributed by atoms with Crippen LogP contribution in [0.4, 0.5) is 5.69 Å². The molecular weight excluding hydrogens is 322 g/mol. The van der Waals surface area contributed by atoms with Crippen molar-refractivity contribution in [3.05, 3.63) is 76.3 Å². The Morgan fingerprint density at radius 1 is 1.12 bits per heavy atom. The number of benzene rings is 3. The smallest absolute Gasteiger partial charge is 0.269 e. The Bertz CT molecular complexity index is 923. The minimum atomic E-state index is -0.469. The first-order valence-corrected chi connectivity index (χ1v) is 7.49. The molecule has 0 aliphatic carbocycles. The number of nitro groups is 1. The highest BCUT2D eigenvalue weighted by molar-refractivity contribution is 6.02. The molecule has 7 heteroatoms. The van der Waals surface area contributed by atoms with Crippen LogP contribution in [0.3, 0.4) is 0 Å². The second-order valence-electron chi connectivity index (χ2n) is 5.18. The van der Waals surface area contributed by atoms with Crippen molar-refractivity contribution in [3.8, 4) is 11.5 Å². The number of aromatic hydroxyl groups is 1. The van der Waals surface area contributed by atoms with Crippen LogP contribution in [-0.2, 0) is 0 Å². The minimum Gasteiger partial charge on any atom is -0.507 e. The van der Waals surface area contributed by atoms with Crippen LogP contribution < -0.4 is 10.2 Å². The molecule has 0 aliphatic heterocycles. The van der Waals surface area contributed by atoms with Gasteiger partial charge in [-0.2, -0.15) is 5.10 Å². The van der Waals surface area contributed by atoms with Gasteiger partial charge in [0, 0.05) is 17.7 Å². The van der Waals surface area contributed by atoms with Gasteiger partial charge in [0.15, 0.2) is 6.73 Å². The van der Waals surface area contributed by atoms with Crippen LogP contribution in [0.25, 0.3) is 10.8 Å². The molecule has 0 fully saturated rings. The fourth-order valence-corrected chi connectivity index (χ4v) is 2.35. The van der Waals surface area contributed by atoms with Crippen molar-refractivity contribution in [3.63, 3.8) is 0 Å². The molecule has 3 aromatic carbocycles. The number of hydrazone groups is 1. The van der Waals surface area contributed by atoms with Gasteiger partial charge in [-0.25, -0.2) is 0 Å². The number of nitrogens with zero attached hydrogens (tertiary/aromatic N) is 2. The number of ether oxygens (including phenoxy) is 1. The van der Waals surface area contributed by atoms with Crippen molar-refractivity contribution >= 4 is 22.7 Å².